The van der Waals surface area contributed by atoms with Gasteiger partial charge in [0.1, 0.15) is 5.82 Å². The number of aromatic amines is 1. The van der Waals surface area contributed by atoms with Gasteiger partial charge in [-0.15, -0.1) is 0 Å². The Morgan fingerprint density at radius 1 is 0.776 bits per heavy atom. The standard InChI is InChI=1S/C46H55N5O7/c1-7-27(2)35(24-42(52)57-5)45(54)51-19-9-11-41(51)44-48-37-17-16-33(22-38(37)49-44)31-13-12-30-21-32(15-14-29(30)20-31)34-23-39(47-26-34)40-10-8-18-50(40)46(55)36(28(3)56-4)25-43(53)58-6/h12-17,20-22,26-28,35-36,40-41H,7-11,18-19,23-25H2,1-6H3,(H,48,49)/t27-,28+,35-,36-,40-,41-/m0/s1. The first-order valence-electron chi connectivity index (χ1n) is 20.6. The molecule has 4 aromatic rings. The van der Waals surface area contributed by atoms with Gasteiger partial charge in [-0.2, -0.15) is 0 Å². The van der Waals surface area contributed by atoms with Crippen molar-refractivity contribution in [2.24, 2.45) is 22.7 Å². The molecule has 0 spiro atoms. The second kappa shape index (κ2) is 17.6. The highest BCUT2D eigenvalue weighted by atomic mass is 16.5. The number of ether oxygens (including phenoxy) is 3. The normalized spacial score (nSPS) is 20.2. The third kappa shape index (κ3) is 8.30. The predicted octanol–water partition coefficient (Wildman–Crippen LogP) is 7.66. The average molecular weight is 790 g/mol. The predicted molar refractivity (Wildman–Crippen MR) is 224 cm³/mol. The maximum Gasteiger partial charge on any atom is 0.306 e. The summed E-state index contributed by atoms with van der Waals surface area (Å²) in [7, 11) is 4.25. The number of allylic oxidation sites excluding steroid dienone is 1. The number of carbonyl (C=O) groups excluding carboxylic acids is 4. The number of methoxy groups -OCH3 is 3. The Kier molecular flexibility index (Phi) is 12.4. The summed E-state index contributed by atoms with van der Waals surface area (Å²) in [6.07, 6.45) is 6.42. The summed E-state index contributed by atoms with van der Waals surface area (Å²) in [4.78, 5) is 69.1. The van der Waals surface area contributed by atoms with E-state index in [0.29, 0.717) is 19.5 Å². The number of esters is 2. The zero-order valence-electron chi connectivity index (χ0n) is 34.5. The minimum atomic E-state index is -0.620. The minimum Gasteiger partial charge on any atom is -0.469 e. The third-order valence-electron chi connectivity index (χ3n) is 12.7. The Morgan fingerprint density at radius 3 is 2.03 bits per heavy atom. The highest BCUT2D eigenvalue weighted by Crippen LogP contribution is 2.37. The zero-order valence-corrected chi connectivity index (χ0v) is 34.5. The molecule has 7 rings (SSSR count). The number of H-pyrrole nitrogens is 1. The Labute approximate surface area is 340 Å². The number of carbonyl (C=O) groups is 4. The van der Waals surface area contributed by atoms with Crippen molar-refractivity contribution in [3.63, 3.8) is 0 Å². The Bertz CT molecular complexity index is 2260. The van der Waals surface area contributed by atoms with Crippen molar-refractivity contribution in [1.82, 2.24) is 19.8 Å². The summed E-state index contributed by atoms with van der Waals surface area (Å²) in [6.45, 7) is 7.14. The maximum absolute atomic E-state index is 13.9. The summed E-state index contributed by atoms with van der Waals surface area (Å²) in [5.74, 6) is -1.11. The molecule has 6 atom stereocenters. The van der Waals surface area contributed by atoms with Gasteiger partial charge in [0.15, 0.2) is 0 Å². The average Bonchev–Trinajstić information content (AvgIpc) is 4.09. The zero-order chi connectivity index (χ0) is 41.1. The van der Waals surface area contributed by atoms with Crippen LogP contribution >= 0.6 is 0 Å². The van der Waals surface area contributed by atoms with Gasteiger partial charge in [-0.05, 0) is 95.8 Å². The molecule has 3 aliphatic heterocycles. The highest BCUT2D eigenvalue weighted by molar-refractivity contribution is 6.04. The summed E-state index contributed by atoms with van der Waals surface area (Å²) in [5.41, 5.74) is 7.07. The maximum atomic E-state index is 13.9. The minimum absolute atomic E-state index is 0.00738. The van der Waals surface area contributed by atoms with Crippen LogP contribution < -0.4 is 0 Å². The van der Waals surface area contributed by atoms with Crippen molar-refractivity contribution in [2.75, 3.05) is 34.4 Å². The molecule has 3 aromatic carbocycles. The first kappa shape index (κ1) is 40.8. The van der Waals surface area contributed by atoms with Gasteiger partial charge in [0.25, 0.3) is 0 Å². The molecule has 2 fully saturated rings. The molecule has 2 saturated heterocycles. The van der Waals surface area contributed by atoms with Crippen molar-refractivity contribution in [3.05, 3.63) is 72.2 Å². The number of hydrogen-bond acceptors (Lipinski definition) is 9. The third-order valence-corrected chi connectivity index (χ3v) is 12.7. The van der Waals surface area contributed by atoms with Crippen LogP contribution in [0.5, 0.6) is 0 Å². The second-order valence-corrected chi connectivity index (χ2v) is 16.1. The molecule has 1 aromatic heterocycles. The fourth-order valence-corrected chi connectivity index (χ4v) is 8.90. The lowest BCUT2D eigenvalue weighted by Crippen LogP contribution is -2.46. The van der Waals surface area contributed by atoms with Crippen LogP contribution in [0.2, 0.25) is 0 Å². The van der Waals surface area contributed by atoms with Crippen molar-refractivity contribution < 1.29 is 33.4 Å². The molecular weight excluding hydrogens is 735 g/mol. The van der Waals surface area contributed by atoms with Crippen LogP contribution in [0.1, 0.15) is 89.6 Å². The lowest BCUT2D eigenvalue weighted by atomic mass is 9.87. The lowest BCUT2D eigenvalue weighted by molar-refractivity contribution is -0.150. The lowest BCUT2D eigenvalue weighted by Gasteiger charge is -2.31. The van der Waals surface area contributed by atoms with Gasteiger partial charge in [-0.1, -0.05) is 50.6 Å². The van der Waals surface area contributed by atoms with Gasteiger partial charge < -0.3 is 29.0 Å². The van der Waals surface area contributed by atoms with E-state index in [2.05, 4.69) is 53.5 Å². The topological polar surface area (TPSA) is 143 Å². The number of benzene rings is 3. The van der Waals surface area contributed by atoms with Crippen molar-refractivity contribution in [3.8, 4) is 11.1 Å². The summed E-state index contributed by atoms with van der Waals surface area (Å²) in [5, 5.41) is 2.23. The fraction of sp³-hybridized carbons (Fsp3) is 0.478. The molecule has 1 N–H and O–H groups in total. The van der Waals surface area contributed by atoms with E-state index in [1.165, 1.54) is 14.2 Å². The molecule has 0 bridgehead atoms. The van der Waals surface area contributed by atoms with Crippen molar-refractivity contribution >= 4 is 56.8 Å². The quantitative estimate of drug-likeness (QED) is 0.128. The number of nitrogens with one attached hydrogen (secondary N) is 1. The van der Waals surface area contributed by atoms with Crippen LogP contribution in [0, 0.1) is 17.8 Å². The number of likely N-dealkylation sites (tertiary alicyclic amines) is 2. The van der Waals surface area contributed by atoms with Crippen LogP contribution in [0.4, 0.5) is 0 Å². The van der Waals surface area contributed by atoms with E-state index in [0.717, 1.165) is 87.7 Å². The Hall–Kier alpha value is -5.36. The van der Waals surface area contributed by atoms with Gasteiger partial charge in [0.2, 0.25) is 11.8 Å². The number of hydrogen-bond donors (Lipinski definition) is 1. The number of aliphatic imine (C=N–C) groups is 1. The van der Waals surface area contributed by atoms with E-state index in [1.54, 1.807) is 7.11 Å². The monoisotopic (exact) mass is 789 g/mol. The number of nitrogens with zero attached hydrogens (tertiary/aromatic N) is 4. The van der Waals surface area contributed by atoms with Crippen LogP contribution in [-0.4, -0.2) is 95.8 Å². The van der Waals surface area contributed by atoms with E-state index in [-0.39, 0.29) is 48.6 Å². The van der Waals surface area contributed by atoms with E-state index < -0.39 is 23.9 Å². The smallest absolute Gasteiger partial charge is 0.306 e. The summed E-state index contributed by atoms with van der Waals surface area (Å²) >= 11 is 0. The molecule has 306 valence electrons. The van der Waals surface area contributed by atoms with E-state index in [1.807, 2.05) is 42.8 Å². The first-order chi connectivity index (χ1) is 28.0. The largest absolute Gasteiger partial charge is 0.469 e. The molecule has 12 heteroatoms. The highest BCUT2D eigenvalue weighted by Gasteiger charge is 2.40. The van der Waals surface area contributed by atoms with Gasteiger partial charge in [-0.25, -0.2) is 4.98 Å². The van der Waals surface area contributed by atoms with E-state index in [9.17, 15) is 19.2 Å². The van der Waals surface area contributed by atoms with Crippen molar-refractivity contribution in [1.29, 1.82) is 0 Å². The Morgan fingerprint density at radius 2 is 1.36 bits per heavy atom. The number of rotatable bonds is 14. The molecule has 0 aliphatic carbocycles. The number of aromatic nitrogens is 2. The molecule has 12 nitrogen and oxygen atoms in total. The molecule has 58 heavy (non-hydrogen) atoms. The Balaban J connectivity index is 1.04. The fourth-order valence-electron chi connectivity index (χ4n) is 8.90. The summed E-state index contributed by atoms with van der Waals surface area (Å²) in [6, 6.07) is 18.9. The summed E-state index contributed by atoms with van der Waals surface area (Å²) < 4.78 is 15.3. The van der Waals surface area contributed by atoms with Gasteiger partial charge >= 0.3 is 11.9 Å². The molecular formula is C46H55N5O7. The van der Waals surface area contributed by atoms with Crippen LogP contribution in [-0.2, 0) is 33.4 Å². The van der Waals surface area contributed by atoms with Crippen LogP contribution in [0.15, 0.2) is 65.8 Å². The molecule has 0 radical (unpaired) electrons. The van der Waals surface area contributed by atoms with Crippen LogP contribution in [0.3, 0.4) is 0 Å². The van der Waals surface area contributed by atoms with E-state index >= 15 is 0 Å². The molecule has 0 saturated carbocycles. The van der Waals surface area contributed by atoms with Crippen molar-refractivity contribution in [2.45, 2.75) is 90.3 Å². The number of fused-ring (bicyclic) bond motifs is 2. The van der Waals surface area contributed by atoms with Gasteiger partial charge in [0, 0.05) is 38.5 Å². The SMILES string of the molecule is CC[C@H](C)[C@H](CC(=O)OC)C(=O)N1CCC[C@H]1c1nc2ccc(-c3ccc4cc(C5=CN=C([C@@H]6CCCN6C(=O)[C@@H](CC(=O)OC)[C@@H](C)OC)C5)ccc4c3)cc2[nH]1. The molecule has 2 amide bonds. The number of amides is 2. The van der Waals surface area contributed by atoms with Gasteiger partial charge in [-0.3, -0.25) is 24.2 Å². The van der Waals surface area contributed by atoms with Gasteiger partial charge in [0.05, 0.1) is 68.1 Å². The number of imidazole rings is 1. The van der Waals surface area contributed by atoms with E-state index in [4.69, 9.17) is 24.2 Å². The first-order valence-corrected chi connectivity index (χ1v) is 20.6. The molecule has 3 aliphatic rings. The molecule has 4 heterocycles. The molecule has 0 unspecified atom stereocenters. The second-order valence-electron chi connectivity index (χ2n) is 16.1. The van der Waals surface area contributed by atoms with Crippen LogP contribution in [0.25, 0.3) is 38.5 Å².